The van der Waals surface area contributed by atoms with Crippen LogP contribution in [0.5, 0.6) is 0 Å². The number of aromatic nitrogens is 2. The van der Waals surface area contributed by atoms with E-state index >= 15 is 0 Å². The highest BCUT2D eigenvalue weighted by molar-refractivity contribution is 7.46. The molecule has 2 rings (SSSR count). The fraction of sp³-hybridized carbons (Fsp3) is 0.733. The van der Waals surface area contributed by atoms with Gasteiger partial charge in [0.25, 0.3) is 5.56 Å². The van der Waals surface area contributed by atoms with Crippen LogP contribution in [0.2, 0.25) is 0 Å². The molecule has 0 unspecified atom stereocenters. The van der Waals surface area contributed by atoms with Crippen molar-refractivity contribution in [3.63, 3.8) is 0 Å². The highest BCUT2D eigenvalue weighted by atomic mass is 31.2. The molecule has 1 aromatic rings. The molecule has 0 bridgehead atoms. The van der Waals surface area contributed by atoms with Crippen molar-refractivity contribution in [2.24, 2.45) is 5.41 Å². The SMILES string of the molecule is CC(CO)(CO)CO.Cc1cn([C@H]2C[C@H](O)[C@@H](COP(=O)(O)O)O2)c(=O)[nH]c1=O. The van der Waals surface area contributed by atoms with Gasteiger partial charge < -0.3 is 34.9 Å². The van der Waals surface area contributed by atoms with Gasteiger partial charge in [-0.05, 0) is 6.92 Å². The van der Waals surface area contributed by atoms with E-state index < -0.39 is 49.5 Å². The number of nitrogens with one attached hydrogen (secondary N) is 1. The molecule has 0 spiro atoms. The maximum Gasteiger partial charge on any atom is 0.469 e. The van der Waals surface area contributed by atoms with Crippen LogP contribution in [0.25, 0.3) is 0 Å². The van der Waals surface area contributed by atoms with Gasteiger partial charge in [0.05, 0.1) is 32.5 Å². The molecule has 168 valence electrons. The number of phosphoric acid groups is 1. The van der Waals surface area contributed by atoms with Crippen LogP contribution in [0.1, 0.15) is 25.1 Å². The second kappa shape index (κ2) is 10.6. The van der Waals surface area contributed by atoms with E-state index in [0.29, 0.717) is 5.56 Å². The monoisotopic (exact) mass is 442 g/mol. The highest BCUT2D eigenvalue weighted by Crippen LogP contribution is 2.38. The zero-order valence-electron chi connectivity index (χ0n) is 16.0. The summed E-state index contributed by atoms with van der Waals surface area (Å²) in [7, 11) is -4.67. The third-order valence-corrected chi connectivity index (χ3v) is 4.70. The van der Waals surface area contributed by atoms with Crippen molar-refractivity contribution in [3.8, 4) is 0 Å². The Morgan fingerprint density at radius 1 is 1.28 bits per heavy atom. The van der Waals surface area contributed by atoms with Crippen molar-refractivity contribution in [3.05, 3.63) is 32.6 Å². The van der Waals surface area contributed by atoms with E-state index in [1.54, 1.807) is 6.92 Å². The van der Waals surface area contributed by atoms with Gasteiger partial charge in [-0.2, -0.15) is 0 Å². The number of H-pyrrole nitrogens is 1. The van der Waals surface area contributed by atoms with Gasteiger partial charge in [0.2, 0.25) is 0 Å². The van der Waals surface area contributed by atoms with Crippen LogP contribution in [0.15, 0.2) is 15.8 Å². The number of aryl methyl sites for hydroxylation is 1. The molecular weight excluding hydrogens is 415 g/mol. The molecule has 7 N–H and O–H groups in total. The molecule has 14 heteroatoms. The number of aromatic amines is 1. The van der Waals surface area contributed by atoms with E-state index in [4.69, 9.17) is 29.8 Å². The Hall–Kier alpha value is -1.41. The van der Waals surface area contributed by atoms with Crippen LogP contribution >= 0.6 is 7.82 Å². The maximum atomic E-state index is 11.7. The third kappa shape index (κ3) is 7.74. The second-order valence-electron chi connectivity index (χ2n) is 6.98. The molecule has 0 saturated carbocycles. The minimum atomic E-state index is -4.67. The summed E-state index contributed by atoms with van der Waals surface area (Å²) in [6.07, 6.45) is -1.57. The molecular formula is C15H27N2O11P. The smallest absolute Gasteiger partial charge is 0.396 e. The summed E-state index contributed by atoms with van der Waals surface area (Å²) >= 11 is 0. The Kier molecular flexibility index (Phi) is 9.34. The molecule has 2 heterocycles. The van der Waals surface area contributed by atoms with Crippen LogP contribution in [0, 0.1) is 12.3 Å². The summed E-state index contributed by atoms with van der Waals surface area (Å²) in [5, 5.41) is 35.2. The molecule has 1 aliphatic rings. The van der Waals surface area contributed by atoms with Crippen molar-refractivity contribution in [1.29, 1.82) is 0 Å². The van der Waals surface area contributed by atoms with Crippen LogP contribution < -0.4 is 11.2 Å². The predicted molar refractivity (Wildman–Crippen MR) is 98.0 cm³/mol. The zero-order chi connectivity index (χ0) is 22.4. The van der Waals surface area contributed by atoms with Gasteiger partial charge in [-0.3, -0.25) is 18.9 Å². The van der Waals surface area contributed by atoms with Gasteiger partial charge in [-0.15, -0.1) is 0 Å². The Balaban J connectivity index is 0.000000447. The molecule has 0 radical (unpaired) electrons. The number of hydrogen-bond donors (Lipinski definition) is 7. The molecule has 0 amide bonds. The standard InChI is InChI=1S/C10H15N2O8P.C5H12O3/c1-5-3-12(10(15)11-9(5)14)8-2-6(13)7(20-8)4-19-21(16,17)18;1-5(2-6,3-7)4-8/h3,6-8,13H,2,4H2,1H3,(H,11,14,15)(H2,16,17,18);6-8H,2-4H2,1H3/t6-,7+,8+;/m0./s1. The van der Waals surface area contributed by atoms with Gasteiger partial charge in [0.1, 0.15) is 12.3 Å². The molecule has 29 heavy (non-hydrogen) atoms. The van der Waals surface area contributed by atoms with Crippen molar-refractivity contribution in [2.75, 3.05) is 26.4 Å². The Bertz CT molecular complexity index is 805. The van der Waals surface area contributed by atoms with Crippen LogP contribution in [-0.4, -0.2) is 78.4 Å². The quantitative estimate of drug-likeness (QED) is 0.221. The molecule has 13 nitrogen and oxygen atoms in total. The van der Waals surface area contributed by atoms with Crippen LogP contribution in [0.4, 0.5) is 0 Å². The molecule has 1 aromatic heterocycles. The van der Waals surface area contributed by atoms with Gasteiger partial charge >= 0.3 is 13.5 Å². The molecule has 0 aliphatic carbocycles. The van der Waals surface area contributed by atoms with E-state index in [9.17, 15) is 19.3 Å². The highest BCUT2D eigenvalue weighted by Gasteiger charge is 2.37. The maximum absolute atomic E-state index is 11.7. The number of ether oxygens (including phenoxy) is 1. The number of aliphatic hydroxyl groups excluding tert-OH is 4. The summed E-state index contributed by atoms with van der Waals surface area (Å²) in [5.74, 6) is 0. The lowest BCUT2D eigenvalue weighted by Crippen LogP contribution is -2.33. The lowest BCUT2D eigenvalue weighted by Gasteiger charge is -2.20. The third-order valence-electron chi connectivity index (χ3n) is 4.21. The molecule has 3 atom stereocenters. The van der Waals surface area contributed by atoms with Crippen molar-refractivity contribution < 1.29 is 44.0 Å². The first-order valence-corrected chi connectivity index (χ1v) is 10.1. The summed E-state index contributed by atoms with van der Waals surface area (Å²) in [6.45, 7) is 2.06. The average molecular weight is 442 g/mol. The Labute approximate surface area is 165 Å². The number of rotatable bonds is 7. The van der Waals surface area contributed by atoms with Gasteiger partial charge in [0.15, 0.2) is 0 Å². The second-order valence-corrected chi connectivity index (χ2v) is 8.22. The first kappa shape index (κ1) is 25.6. The van der Waals surface area contributed by atoms with Gasteiger partial charge in [0, 0.05) is 23.6 Å². The van der Waals surface area contributed by atoms with Crippen molar-refractivity contribution in [2.45, 2.75) is 38.7 Å². The van der Waals surface area contributed by atoms with Gasteiger partial charge in [-0.25, -0.2) is 9.36 Å². The summed E-state index contributed by atoms with van der Waals surface area (Å²) in [5.41, 5.74) is -1.63. The first-order chi connectivity index (χ1) is 13.4. The normalized spacial score (nSPS) is 22.3. The van der Waals surface area contributed by atoms with Crippen LogP contribution in [0.3, 0.4) is 0 Å². The summed E-state index contributed by atoms with van der Waals surface area (Å²) in [4.78, 5) is 42.3. The number of hydrogen-bond acceptors (Lipinski definition) is 9. The Morgan fingerprint density at radius 2 is 1.83 bits per heavy atom. The fourth-order valence-corrected chi connectivity index (χ4v) is 2.50. The number of nitrogens with zero attached hydrogens (tertiary/aromatic N) is 1. The topological polar surface area (TPSA) is 212 Å². The first-order valence-electron chi connectivity index (χ1n) is 8.54. The van der Waals surface area contributed by atoms with Gasteiger partial charge in [-0.1, -0.05) is 6.92 Å². The van der Waals surface area contributed by atoms with E-state index in [1.165, 1.54) is 13.1 Å². The molecule has 1 aliphatic heterocycles. The van der Waals surface area contributed by atoms with E-state index in [-0.39, 0.29) is 26.2 Å². The molecule has 0 aromatic carbocycles. The van der Waals surface area contributed by atoms with Crippen molar-refractivity contribution in [1.82, 2.24) is 9.55 Å². The summed E-state index contributed by atoms with van der Waals surface area (Å²) < 4.78 is 21.4. The lowest BCUT2D eigenvalue weighted by molar-refractivity contribution is -0.0451. The molecule has 1 fully saturated rings. The minimum absolute atomic E-state index is 0.0283. The minimum Gasteiger partial charge on any atom is -0.396 e. The van der Waals surface area contributed by atoms with E-state index in [0.717, 1.165) is 4.57 Å². The van der Waals surface area contributed by atoms with E-state index in [1.807, 2.05) is 0 Å². The van der Waals surface area contributed by atoms with Crippen LogP contribution in [-0.2, 0) is 13.8 Å². The van der Waals surface area contributed by atoms with Crippen molar-refractivity contribution >= 4 is 7.82 Å². The fourth-order valence-electron chi connectivity index (χ4n) is 2.16. The lowest BCUT2D eigenvalue weighted by atomic mass is 9.95. The summed E-state index contributed by atoms with van der Waals surface area (Å²) in [6, 6.07) is 0. The van der Waals surface area contributed by atoms with E-state index in [2.05, 4.69) is 9.51 Å². The number of aliphatic hydroxyl groups is 4. The predicted octanol–water partition coefficient (Wildman–Crippen LogP) is -2.43. The number of phosphoric ester groups is 1. The largest absolute Gasteiger partial charge is 0.469 e. The Morgan fingerprint density at radius 3 is 2.28 bits per heavy atom. The molecule has 1 saturated heterocycles. The average Bonchev–Trinajstić information content (AvgIpc) is 3.03. The zero-order valence-corrected chi connectivity index (χ0v) is 16.9.